The summed E-state index contributed by atoms with van der Waals surface area (Å²) in [6.07, 6.45) is 0.261. The van der Waals surface area contributed by atoms with Crippen LogP contribution in [0.4, 0.5) is 4.39 Å². The zero-order valence-electron chi connectivity index (χ0n) is 11.5. The number of methoxy groups -OCH3 is 1. The van der Waals surface area contributed by atoms with E-state index in [0.29, 0.717) is 19.0 Å². The number of rotatable bonds is 5. The highest BCUT2D eigenvalue weighted by atomic mass is 127. The second kappa shape index (κ2) is 10.4. The molecule has 112 valence electrons. The second-order valence-corrected chi connectivity index (χ2v) is 3.81. The van der Waals surface area contributed by atoms with E-state index >= 15 is 0 Å². The van der Waals surface area contributed by atoms with E-state index in [4.69, 9.17) is 0 Å². The van der Waals surface area contributed by atoms with Crippen molar-refractivity contribution in [2.45, 2.75) is 13.0 Å². The molecule has 7 heteroatoms. The van der Waals surface area contributed by atoms with Crippen LogP contribution in [0.15, 0.2) is 29.3 Å². The molecule has 0 aliphatic heterocycles. The van der Waals surface area contributed by atoms with Gasteiger partial charge >= 0.3 is 5.97 Å². The molecule has 0 fully saturated rings. The van der Waals surface area contributed by atoms with Crippen LogP contribution in [0, 0.1) is 5.82 Å². The Morgan fingerprint density at radius 3 is 2.75 bits per heavy atom. The van der Waals surface area contributed by atoms with Crippen LogP contribution in [0.3, 0.4) is 0 Å². The molecule has 1 aromatic rings. The number of halogens is 2. The minimum atomic E-state index is -0.284. The second-order valence-electron chi connectivity index (χ2n) is 3.81. The molecule has 0 saturated carbocycles. The first-order valence-electron chi connectivity index (χ1n) is 5.91. The summed E-state index contributed by atoms with van der Waals surface area (Å²) in [5.41, 5.74) is 0.816. The van der Waals surface area contributed by atoms with Crippen LogP contribution in [-0.4, -0.2) is 32.6 Å². The van der Waals surface area contributed by atoms with Crippen LogP contribution in [0.25, 0.3) is 0 Å². The van der Waals surface area contributed by atoms with E-state index in [1.165, 1.54) is 19.2 Å². The summed E-state index contributed by atoms with van der Waals surface area (Å²) in [4.78, 5) is 14.9. The molecule has 0 aliphatic carbocycles. The molecule has 0 bridgehead atoms. The van der Waals surface area contributed by atoms with Crippen molar-refractivity contribution in [1.82, 2.24) is 10.6 Å². The van der Waals surface area contributed by atoms with Gasteiger partial charge in [-0.05, 0) is 17.7 Å². The summed E-state index contributed by atoms with van der Waals surface area (Å²) in [6, 6.07) is 6.32. The van der Waals surface area contributed by atoms with Gasteiger partial charge in [-0.25, -0.2) is 4.39 Å². The largest absolute Gasteiger partial charge is 0.469 e. The Morgan fingerprint density at radius 1 is 1.40 bits per heavy atom. The van der Waals surface area contributed by atoms with Crippen LogP contribution >= 0.6 is 24.0 Å². The fourth-order valence-corrected chi connectivity index (χ4v) is 1.44. The molecule has 2 N–H and O–H groups in total. The van der Waals surface area contributed by atoms with Gasteiger partial charge in [0.15, 0.2) is 5.96 Å². The van der Waals surface area contributed by atoms with Gasteiger partial charge in [0.25, 0.3) is 0 Å². The van der Waals surface area contributed by atoms with E-state index in [1.807, 2.05) is 6.07 Å². The highest BCUT2D eigenvalue weighted by molar-refractivity contribution is 14.0. The molecule has 5 nitrogen and oxygen atoms in total. The number of nitrogens with one attached hydrogen (secondary N) is 2. The monoisotopic (exact) mass is 395 g/mol. The Labute approximate surface area is 135 Å². The third-order valence-corrected chi connectivity index (χ3v) is 2.42. The predicted molar refractivity (Wildman–Crippen MR) is 86.6 cm³/mol. The molecule has 0 aromatic heterocycles. The number of esters is 1. The van der Waals surface area contributed by atoms with Gasteiger partial charge in [-0.15, -0.1) is 24.0 Å². The van der Waals surface area contributed by atoms with Crippen molar-refractivity contribution < 1.29 is 13.9 Å². The summed E-state index contributed by atoms with van der Waals surface area (Å²) in [6.45, 7) is 0.880. The molecule has 0 unspecified atom stereocenters. The first kappa shape index (κ1) is 18.6. The number of guanidine groups is 1. The number of benzene rings is 1. The lowest BCUT2D eigenvalue weighted by atomic mass is 10.2. The zero-order chi connectivity index (χ0) is 14.1. The molecular weight excluding hydrogens is 376 g/mol. The third kappa shape index (κ3) is 7.27. The third-order valence-electron chi connectivity index (χ3n) is 2.42. The van der Waals surface area contributed by atoms with Gasteiger partial charge in [-0.2, -0.15) is 0 Å². The smallest absolute Gasteiger partial charge is 0.307 e. The number of nitrogens with zero attached hydrogens (tertiary/aromatic N) is 1. The summed E-state index contributed by atoms with van der Waals surface area (Å²) in [5.74, 6) is -0.00538. The molecule has 1 aromatic carbocycles. The number of hydrogen-bond acceptors (Lipinski definition) is 3. The van der Waals surface area contributed by atoms with Crippen molar-refractivity contribution in [2.75, 3.05) is 20.7 Å². The summed E-state index contributed by atoms with van der Waals surface area (Å²) >= 11 is 0. The first-order valence-corrected chi connectivity index (χ1v) is 5.91. The SMILES string of the molecule is CN=C(NCCC(=O)OC)NCc1cccc(F)c1.I. The first-order chi connectivity index (χ1) is 9.15. The Hall–Kier alpha value is -1.38. The maximum absolute atomic E-state index is 13.0. The lowest BCUT2D eigenvalue weighted by Crippen LogP contribution is -2.37. The van der Waals surface area contributed by atoms with E-state index < -0.39 is 0 Å². The van der Waals surface area contributed by atoms with E-state index in [1.54, 1.807) is 13.1 Å². The lowest BCUT2D eigenvalue weighted by Gasteiger charge is -2.11. The molecule has 1 rings (SSSR count). The number of ether oxygens (including phenoxy) is 1. The normalized spacial score (nSPS) is 10.4. The zero-order valence-corrected chi connectivity index (χ0v) is 13.8. The summed E-state index contributed by atoms with van der Waals surface area (Å²) in [7, 11) is 2.97. The van der Waals surface area contributed by atoms with Crippen LogP contribution < -0.4 is 10.6 Å². The number of carbonyl (C=O) groups is 1. The van der Waals surface area contributed by atoms with Gasteiger partial charge in [0, 0.05) is 20.1 Å². The summed E-state index contributed by atoms with van der Waals surface area (Å²) in [5, 5.41) is 5.99. The van der Waals surface area contributed by atoms with E-state index in [-0.39, 0.29) is 42.2 Å². The van der Waals surface area contributed by atoms with Gasteiger partial charge < -0.3 is 15.4 Å². The van der Waals surface area contributed by atoms with Crippen molar-refractivity contribution >= 4 is 35.9 Å². The van der Waals surface area contributed by atoms with Gasteiger partial charge in [0.05, 0.1) is 13.5 Å². The Bertz CT molecular complexity index is 455. The van der Waals surface area contributed by atoms with E-state index in [0.717, 1.165) is 5.56 Å². The topological polar surface area (TPSA) is 62.7 Å². The molecule has 0 atom stereocenters. The Morgan fingerprint density at radius 2 is 2.15 bits per heavy atom. The molecule has 0 spiro atoms. The van der Waals surface area contributed by atoms with Crippen molar-refractivity contribution in [3.63, 3.8) is 0 Å². The van der Waals surface area contributed by atoms with E-state index in [9.17, 15) is 9.18 Å². The van der Waals surface area contributed by atoms with Gasteiger partial charge in [-0.3, -0.25) is 9.79 Å². The standard InChI is InChI=1S/C13H18FN3O2.HI/c1-15-13(16-7-6-12(18)19-2)17-9-10-4-3-5-11(14)8-10;/h3-5,8H,6-7,9H2,1-2H3,(H2,15,16,17);1H. The molecular formula is C13H19FIN3O2. The maximum Gasteiger partial charge on any atom is 0.307 e. The average Bonchev–Trinajstić information content (AvgIpc) is 2.42. The Kier molecular flexibility index (Phi) is 9.69. The minimum Gasteiger partial charge on any atom is -0.469 e. The highest BCUT2D eigenvalue weighted by Crippen LogP contribution is 2.02. The minimum absolute atomic E-state index is 0. The molecule has 0 radical (unpaired) electrons. The Balaban J connectivity index is 0.00000361. The molecule has 0 amide bonds. The predicted octanol–water partition coefficient (Wildman–Crippen LogP) is 1.67. The summed E-state index contributed by atoms with van der Waals surface area (Å²) < 4.78 is 17.5. The maximum atomic E-state index is 13.0. The molecule has 0 saturated heterocycles. The number of hydrogen-bond donors (Lipinski definition) is 2. The molecule has 0 heterocycles. The van der Waals surface area contributed by atoms with Crippen molar-refractivity contribution in [3.8, 4) is 0 Å². The molecule has 0 aliphatic rings. The highest BCUT2D eigenvalue weighted by Gasteiger charge is 2.02. The fraction of sp³-hybridized carbons (Fsp3) is 0.385. The van der Waals surface area contributed by atoms with Crippen molar-refractivity contribution in [1.29, 1.82) is 0 Å². The van der Waals surface area contributed by atoms with Gasteiger partial charge in [0.2, 0.25) is 0 Å². The number of carbonyl (C=O) groups excluding carboxylic acids is 1. The lowest BCUT2D eigenvalue weighted by molar-refractivity contribution is -0.140. The quantitative estimate of drug-likeness (QED) is 0.345. The van der Waals surface area contributed by atoms with E-state index in [2.05, 4.69) is 20.4 Å². The molecule has 20 heavy (non-hydrogen) atoms. The van der Waals surface area contributed by atoms with Crippen LogP contribution in [0.5, 0.6) is 0 Å². The average molecular weight is 395 g/mol. The van der Waals surface area contributed by atoms with Gasteiger partial charge in [-0.1, -0.05) is 12.1 Å². The van der Waals surface area contributed by atoms with Crippen molar-refractivity contribution in [2.24, 2.45) is 4.99 Å². The van der Waals surface area contributed by atoms with Crippen LogP contribution in [0.1, 0.15) is 12.0 Å². The number of aliphatic imine (C=N–C) groups is 1. The van der Waals surface area contributed by atoms with Crippen LogP contribution in [0.2, 0.25) is 0 Å². The van der Waals surface area contributed by atoms with Crippen LogP contribution in [-0.2, 0) is 16.1 Å². The van der Waals surface area contributed by atoms with Gasteiger partial charge in [0.1, 0.15) is 5.82 Å². The van der Waals surface area contributed by atoms with Crippen molar-refractivity contribution in [3.05, 3.63) is 35.6 Å². The fourth-order valence-electron chi connectivity index (χ4n) is 1.44.